The Morgan fingerprint density at radius 3 is 1.70 bits per heavy atom. The fourth-order valence-corrected chi connectivity index (χ4v) is 4.54. The first kappa shape index (κ1) is 22.2. The topological polar surface area (TPSA) is 0 Å². The smallest absolute Gasteiger partial charge is 0.0249 e. The predicted molar refractivity (Wildman–Crippen MR) is 129 cm³/mol. The Morgan fingerprint density at radius 1 is 0.667 bits per heavy atom. The zero-order valence-electron chi connectivity index (χ0n) is 18.8. The molecule has 0 nitrogen and oxygen atoms in total. The van der Waals surface area contributed by atoms with Crippen molar-refractivity contribution in [2.24, 2.45) is 11.8 Å². The molecule has 1 aliphatic rings. The van der Waals surface area contributed by atoms with Gasteiger partial charge in [-0.1, -0.05) is 88.2 Å². The lowest BCUT2D eigenvalue weighted by molar-refractivity contribution is 0.249. The maximum absolute atomic E-state index is 3.28. The summed E-state index contributed by atoms with van der Waals surface area (Å²) in [4.78, 5) is 0. The third-order valence-corrected chi connectivity index (χ3v) is 6.48. The van der Waals surface area contributed by atoms with Gasteiger partial charge in [0.1, 0.15) is 0 Å². The second kappa shape index (κ2) is 12.3. The summed E-state index contributed by atoms with van der Waals surface area (Å²) in [6, 6.07) is 17.0. The molecule has 0 amide bonds. The highest BCUT2D eigenvalue weighted by atomic mass is 14.3. The van der Waals surface area contributed by atoms with Gasteiger partial charge < -0.3 is 0 Å². The molecule has 0 unspecified atom stereocenters. The Kier molecular flexibility index (Phi) is 9.12. The van der Waals surface area contributed by atoms with Crippen molar-refractivity contribution >= 4 is 0 Å². The lowest BCUT2D eigenvalue weighted by Crippen LogP contribution is -2.15. The molecule has 1 saturated carbocycles. The third kappa shape index (κ3) is 7.43. The minimum atomic E-state index is 0.937. The average Bonchev–Trinajstić information content (AvgIpc) is 2.79. The molecule has 0 bridgehead atoms. The number of benzene rings is 2. The van der Waals surface area contributed by atoms with E-state index in [1.165, 1.54) is 69.8 Å². The summed E-state index contributed by atoms with van der Waals surface area (Å²) in [5, 5.41) is 0. The van der Waals surface area contributed by atoms with Crippen LogP contribution >= 0.6 is 0 Å². The van der Waals surface area contributed by atoms with E-state index in [-0.39, 0.29) is 0 Å². The zero-order chi connectivity index (χ0) is 21.0. The normalized spacial score (nSPS) is 18.1. The number of hydrogen-bond donors (Lipinski definition) is 0. The molecule has 0 saturated heterocycles. The van der Waals surface area contributed by atoms with Crippen LogP contribution in [0.5, 0.6) is 0 Å². The van der Waals surface area contributed by atoms with Crippen molar-refractivity contribution in [1.82, 2.24) is 0 Å². The van der Waals surface area contributed by atoms with E-state index in [2.05, 4.69) is 54.9 Å². The van der Waals surface area contributed by atoms with Gasteiger partial charge in [0.05, 0.1) is 0 Å². The van der Waals surface area contributed by atoms with Crippen molar-refractivity contribution < 1.29 is 0 Å². The average molecular weight is 397 g/mol. The van der Waals surface area contributed by atoms with Gasteiger partial charge in [-0.15, -0.1) is 5.92 Å². The van der Waals surface area contributed by atoms with Gasteiger partial charge in [-0.25, -0.2) is 0 Å². The molecule has 0 heterocycles. The number of aryl methyl sites for hydroxylation is 1. The van der Waals surface area contributed by atoms with Crippen LogP contribution in [0.1, 0.15) is 93.9 Å². The molecule has 0 aromatic heterocycles. The molecule has 0 radical (unpaired) electrons. The molecule has 30 heavy (non-hydrogen) atoms. The third-order valence-electron chi connectivity index (χ3n) is 6.48. The van der Waals surface area contributed by atoms with E-state index in [1.807, 2.05) is 31.2 Å². The summed E-state index contributed by atoms with van der Waals surface area (Å²) < 4.78 is 0. The van der Waals surface area contributed by atoms with Gasteiger partial charge in [0, 0.05) is 16.7 Å². The SMILES string of the molecule is CC#Cc1ccc(C#Cc2ccc(CC[C@H]3CC[C@H](CCCCC)CC3)cc2)cc1. The molecule has 2 aromatic rings. The van der Waals surface area contributed by atoms with Gasteiger partial charge in [0.15, 0.2) is 0 Å². The van der Waals surface area contributed by atoms with Crippen molar-refractivity contribution in [2.75, 3.05) is 0 Å². The first-order valence-corrected chi connectivity index (χ1v) is 11.9. The lowest BCUT2D eigenvalue weighted by Gasteiger charge is -2.28. The van der Waals surface area contributed by atoms with E-state index in [0.29, 0.717) is 0 Å². The van der Waals surface area contributed by atoms with Crippen LogP contribution in [0.15, 0.2) is 48.5 Å². The highest BCUT2D eigenvalue weighted by Crippen LogP contribution is 2.34. The van der Waals surface area contributed by atoms with Gasteiger partial charge in [0.25, 0.3) is 0 Å². The largest absolute Gasteiger partial charge is 0.101 e. The van der Waals surface area contributed by atoms with Gasteiger partial charge in [0.2, 0.25) is 0 Å². The molecule has 2 aromatic carbocycles. The van der Waals surface area contributed by atoms with Crippen LogP contribution in [0.2, 0.25) is 0 Å². The van der Waals surface area contributed by atoms with Crippen LogP contribution in [0.3, 0.4) is 0 Å². The van der Waals surface area contributed by atoms with Crippen LogP contribution in [-0.4, -0.2) is 0 Å². The van der Waals surface area contributed by atoms with Crippen molar-refractivity contribution in [2.45, 2.75) is 78.1 Å². The molecule has 1 aliphatic carbocycles. The summed E-state index contributed by atoms with van der Waals surface area (Å²) >= 11 is 0. The lowest BCUT2D eigenvalue weighted by atomic mass is 9.78. The van der Waals surface area contributed by atoms with Crippen LogP contribution in [0.4, 0.5) is 0 Å². The maximum atomic E-state index is 3.28. The molecule has 156 valence electrons. The minimum Gasteiger partial charge on any atom is -0.101 e. The Hall–Kier alpha value is -2.44. The molecule has 0 atom stereocenters. The predicted octanol–water partition coefficient (Wildman–Crippen LogP) is 7.78. The molecule has 0 heteroatoms. The number of hydrogen-bond acceptors (Lipinski definition) is 0. The Morgan fingerprint density at radius 2 is 1.17 bits per heavy atom. The van der Waals surface area contributed by atoms with E-state index in [4.69, 9.17) is 0 Å². The second-order valence-electron chi connectivity index (χ2n) is 8.82. The van der Waals surface area contributed by atoms with E-state index >= 15 is 0 Å². The summed E-state index contributed by atoms with van der Waals surface area (Å²) in [6.07, 6.45) is 14.1. The van der Waals surface area contributed by atoms with Crippen LogP contribution in [-0.2, 0) is 6.42 Å². The molecule has 1 fully saturated rings. The molecular weight excluding hydrogens is 360 g/mol. The highest BCUT2D eigenvalue weighted by molar-refractivity contribution is 5.46. The van der Waals surface area contributed by atoms with E-state index in [0.717, 1.165) is 28.5 Å². The van der Waals surface area contributed by atoms with Crippen LogP contribution in [0, 0.1) is 35.5 Å². The van der Waals surface area contributed by atoms with Crippen molar-refractivity contribution in [3.05, 3.63) is 70.8 Å². The maximum Gasteiger partial charge on any atom is 0.0249 e. The van der Waals surface area contributed by atoms with E-state index in [1.54, 1.807) is 0 Å². The summed E-state index contributed by atoms with van der Waals surface area (Å²) in [7, 11) is 0. The van der Waals surface area contributed by atoms with Gasteiger partial charge in [-0.3, -0.25) is 0 Å². The molecule has 3 rings (SSSR count). The number of rotatable bonds is 7. The fourth-order valence-electron chi connectivity index (χ4n) is 4.54. The van der Waals surface area contributed by atoms with E-state index < -0.39 is 0 Å². The Bertz CT molecular complexity index is 870. The molecule has 0 spiro atoms. The quantitative estimate of drug-likeness (QED) is 0.331. The molecule has 0 aliphatic heterocycles. The Balaban J connectivity index is 1.42. The highest BCUT2D eigenvalue weighted by Gasteiger charge is 2.20. The number of unbranched alkanes of at least 4 members (excludes halogenated alkanes) is 2. The summed E-state index contributed by atoms with van der Waals surface area (Å²) in [5.74, 6) is 14.5. The van der Waals surface area contributed by atoms with E-state index in [9.17, 15) is 0 Å². The van der Waals surface area contributed by atoms with Crippen molar-refractivity contribution in [1.29, 1.82) is 0 Å². The minimum absolute atomic E-state index is 0.937. The Labute approximate surface area is 184 Å². The zero-order valence-corrected chi connectivity index (χ0v) is 18.8. The van der Waals surface area contributed by atoms with Crippen LogP contribution < -0.4 is 0 Å². The van der Waals surface area contributed by atoms with Crippen LogP contribution in [0.25, 0.3) is 0 Å². The van der Waals surface area contributed by atoms with Gasteiger partial charge >= 0.3 is 0 Å². The fraction of sp³-hybridized carbons (Fsp3) is 0.467. The second-order valence-corrected chi connectivity index (χ2v) is 8.82. The van der Waals surface area contributed by atoms with Crippen molar-refractivity contribution in [3.63, 3.8) is 0 Å². The van der Waals surface area contributed by atoms with Gasteiger partial charge in [-0.05, 0) is 73.6 Å². The summed E-state index contributed by atoms with van der Waals surface area (Å²) in [6.45, 7) is 4.16. The standard InChI is InChI=1S/C30H36/c1-3-5-6-8-26-11-15-28(16-12-26)18-20-30-23-21-29(22-24-30)19-17-27-13-9-25(7-4-2)10-14-27/h9-10,13-14,21-24,26,28H,3,5-6,8,11-12,15-16,18,20H2,1-2H3/t26-,28-. The van der Waals surface area contributed by atoms with Crippen molar-refractivity contribution in [3.8, 4) is 23.7 Å². The first-order chi connectivity index (χ1) is 14.8. The monoisotopic (exact) mass is 396 g/mol. The first-order valence-electron chi connectivity index (χ1n) is 11.9. The van der Waals surface area contributed by atoms with Gasteiger partial charge in [-0.2, -0.15) is 0 Å². The summed E-state index contributed by atoms with van der Waals surface area (Å²) in [5.41, 5.74) is 4.61. The molecule has 0 N–H and O–H groups in total. The molecular formula is C30H36.